The van der Waals surface area contributed by atoms with Crippen molar-refractivity contribution in [2.45, 2.75) is 55.8 Å². The first-order chi connectivity index (χ1) is 36.3. The largest absolute Gasteiger partial charge is 0.491 e. The zero-order chi connectivity index (χ0) is 51.2. The summed E-state index contributed by atoms with van der Waals surface area (Å²) in [6, 6.07) is 72.4. The summed E-state index contributed by atoms with van der Waals surface area (Å²) in [5.74, 6) is 4.17. The third-order valence-corrected chi connectivity index (χ3v) is 16.4. The molecule has 4 atom stereocenters. The second-order valence-electron chi connectivity index (χ2n) is 17.6. The van der Waals surface area contributed by atoms with Crippen molar-refractivity contribution in [3.8, 4) is 23.0 Å². The van der Waals surface area contributed by atoms with E-state index in [0.717, 1.165) is 41.8 Å². The van der Waals surface area contributed by atoms with E-state index in [1.54, 1.807) is 47.0 Å². The van der Waals surface area contributed by atoms with Crippen LogP contribution in [0.25, 0.3) is 0 Å². The molecule has 0 saturated heterocycles. The molecule has 0 aliphatic carbocycles. The summed E-state index contributed by atoms with van der Waals surface area (Å²) >= 11 is 6.37. The maximum absolute atomic E-state index is 10.8. The van der Waals surface area contributed by atoms with Gasteiger partial charge >= 0.3 is 0 Å². The van der Waals surface area contributed by atoms with Crippen molar-refractivity contribution in [3.63, 3.8) is 0 Å². The van der Waals surface area contributed by atoms with Crippen LogP contribution < -0.4 is 18.9 Å². The third kappa shape index (κ3) is 17.7. The van der Waals surface area contributed by atoms with Crippen LogP contribution in [0.2, 0.25) is 0 Å². The number of hydrogen-bond donors (Lipinski definition) is 4. The second kappa shape index (κ2) is 29.3. The van der Waals surface area contributed by atoms with E-state index in [9.17, 15) is 20.4 Å². The van der Waals surface area contributed by atoms with Crippen LogP contribution in [0.4, 0.5) is 0 Å². The van der Waals surface area contributed by atoms with E-state index in [0.29, 0.717) is 46.0 Å². The molecule has 8 rings (SSSR count). The molecule has 0 aliphatic heterocycles. The maximum Gasteiger partial charge on any atom is 0.119 e. The molecule has 12 heteroatoms. The first kappa shape index (κ1) is 54.5. The third-order valence-electron chi connectivity index (χ3n) is 11.8. The minimum Gasteiger partial charge on any atom is -0.491 e. The molecular weight excluding hydrogens is 1000 g/mol. The van der Waals surface area contributed by atoms with Crippen molar-refractivity contribution < 1.29 is 39.4 Å². The minimum absolute atomic E-state index is 0.154. The number of rotatable bonds is 29. The zero-order valence-corrected chi connectivity index (χ0v) is 44.2. The van der Waals surface area contributed by atoms with Crippen LogP contribution in [0.15, 0.2) is 238 Å². The smallest absolute Gasteiger partial charge is 0.119 e. The van der Waals surface area contributed by atoms with Gasteiger partial charge in [0.2, 0.25) is 0 Å². The standard InChI is InChI=1S/C62H62O8S4/c63-49(41-71-57-13-5-1-6-14-57)37-67-53-29-21-45(22-30-53)61(46-23-31-54(32-24-46)68-38-50(64)42-72-58-15-7-2-8-16-58)62(47-25-33-55(34-26-47)69-39-51(65)43-73-59-17-9-3-10-18-59)48-27-35-56(36-28-48)70-40-52(66)44-74-60-19-11-4-12-20-60/h1-36,49-52,61-66H,37-44H2. The van der Waals surface area contributed by atoms with E-state index in [1.807, 2.05) is 170 Å². The maximum atomic E-state index is 10.8. The predicted molar refractivity (Wildman–Crippen MR) is 304 cm³/mol. The molecule has 4 unspecified atom stereocenters. The Balaban J connectivity index is 1.03. The number of aliphatic hydroxyl groups is 4. The SMILES string of the molecule is OC(COc1ccc(C(c2ccc(OCC(O)CSc3ccccc3)cc2)C(c2ccc(OCC(O)CSc3ccccc3)cc2)c2ccc(OCC(O)CSc3ccccc3)cc2)cc1)CSc1ccccc1. The highest BCUT2D eigenvalue weighted by Gasteiger charge is 2.29. The van der Waals surface area contributed by atoms with Crippen LogP contribution in [-0.2, 0) is 0 Å². The fraction of sp³-hybridized carbons (Fsp3) is 0.226. The van der Waals surface area contributed by atoms with Gasteiger partial charge in [0.05, 0.1) is 24.4 Å². The number of hydrogen-bond acceptors (Lipinski definition) is 12. The molecule has 74 heavy (non-hydrogen) atoms. The van der Waals surface area contributed by atoms with E-state index in [4.69, 9.17) is 18.9 Å². The van der Waals surface area contributed by atoms with Crippen LogP contribution >= 0.6 is 47.0 Å². The average Bonchev–Trinajstić information content (AvgIpc) is 3.46. The Labute approximate surface area is 452 Å². The molecule has 0 saturated carbocycles. The molecule has 8 aromatic rings. The Bertz CT molecular complexity index is 2410. The number of aliphatic hydroxyl groups excluding tert-OH is 4. The van der Waals surface area contributed by atoms with Gasteiger partial charge in [0.15, 0.2) is 0 Å². The Morgan fingerprint density at radius 2 is 0.446 bits per heavy atom. The zero-order valence-electron chi connectivity index (χ0n) is 41.0. The molecule has 0 aliphatic rings. The Morgan fingerprint density at radius 3 is 0.635 bits per heavy atom. The fourth-order valence-electron chi connectivity index (χ4n) is 8.04. The number of benzene rings is 8. The van der Waals surface area contributed by atoms with Gasteiger partial charge in [-0.05, 0) is 119 Å². The van der Waals surface area contributed by atoms with E-state index >= 15 is 0 Å². The highest BCUT2D eigenvalue weighted by Crippen LogP contribution is 2.44. The van der Waals surface area contributed by atoms with Gasteiger partial charge in [-0.15, -0.1) is 47.0 Å². The summed E-state index contributed by atoms with van der Waals surface area (Å²) < 4.78 is 24.6. The van der Waals surface area contributed by atoms with Gasteiger partial charge in [-0.2, -0.15) is 0 Å². The molecule has 0 fully saturated rings. The summed E-state index contributed by atoms with van der Waals surface area (Å²) in [6.07, 6.45) is -2.64. The van der Waals surface area contributed by atoms with Crippen LogP contribution in [-0.4, -0.2) is 94.3 Å². The summed E-state index contributed by atoms with van der Waals surface area (Å²) in [6.45, 7) is 0.615. The number of thioether (sulfide) groups is 4. The van der Waals surface area contributed by atoms with Gasteiger partial charge in [-0.3, -0.25) is 0 Å². The minimum atomic E-state index is -0.659. The highest BCUT2D eigenvalue weighted by molar-refractivity contribution is 8.00. The molecule has 0 spiro atoms. The molecule has 382 valence electrons. The average molecular weight is 1060 g/mol. The summed E-state index contributed by atoms with van der Waals surface area (Å²) in [5.41, 5.74) is 4.12. The number of ether oxygens (including phenoxy) is 4. The molecule has 8 nitrogen and oxygen atoms in total. The normalized spacial score (nSPS) is 13.7. The summed E-state index contributed by atoms with van der Waals surface area (Å²) in [4.78, 5) is 4.37. The van der Waals surface area contributed by atoms with Crippen molar-refractivity contribution >= 4 is 47.0 Å². The van der Waals surface area contributed by atoms with E-state index in [2.05, 4.69) is 48.5 Å². The lowest BCUT2D eigenvalue weighted by Crippen LogP contribution is -2.20. The van der Waals surface area contributed by atoms with Crippen LogP contribution in [0.1, 0.15) is 34.1 Å². The molecule has 8 aromatic carbocycles. The molecule has 0 amide bonds. The lowest BCUT2D eigenvalue weighted by molar-refractivity contribution is 0.126. The lowest BCUT2D eigenvalue weighted by Gasteiger charge is -2.30. The van der Waals surface area contributed by atoms with E-state index in [1.165, 1.54) is 0 Å². The topological polar surface area (TPSA) is 118 Å². The summed E-state index contributed by atoms with van der Waals surface area (Å²) in [7, 11) is 0. The van der Waals surface area contributed by atoms with Gasteiger partial charge in [0.1, 0.15) is 49.4 Å². The van der Waals surface area contributed by atoms with Gasteiger partial charge in [-0.25, -0.2) is 0 Å². The first-order valence-electron chi connectivity index (χ1n) is 24.7. The van der Waals surface area contributed by atoms with Crippen molar-refractivity contribution in [2.75, 3.05) is 49.4 Å². The summed E-state index contributed by atoms with van der Waals surface area (Å²) in [5, 5.41) is 43.3. The van der Waals surface area contributed by atoms with Crippen LogP contribution in [0.5, 0.6) is 23.0 Å². The molecule has 0 radical (unpaired) electrons. The highest BCUT2D eigenvalue weighted by atomic mass is 32.2. The quantitative estimate of drug-likeness (QED) is 0.0335. The van der Waals surface area contributed by atoms with Gasteiger partial charge < -0.3 is 39.4 Å². The van der Waals surface area contributed by atoms with Crippen LogP contribution in [0.3, 0.4) is 0 Å². The van der Waals surface area contributed by atoms with Gasteiger partial charge in [0.25, 0.3) is 0 Å². The van der Waals surface area contributed by atoms with Gasteiger partial charge in [-0.1, -0.05) is 121 Å². The fourth-order valence-corrected chi connectivity index (χ4v) is 11.4. The molecule has 0 aromatic heterocycles. The van der Waals surface area contributed by atoms with Crippen LogP contribution in [0, 0.1) is 0 Å². The lowest BCUT2D eigenvalue weighted by atomic mass is 9.73. The van der Waals surface area contributed by atoms with E-state index in [-0.39, 0.29) is 38.3 Å². The van der Waals surface area contributed by atoms with Crippen molar-refractivity contribution in [3.05, 3.63) is 241 Å². The Morgan fingerprint density at radius 1 is 0.257 bits per heavy atom. The Kier molecular flexibility index (Phi) is 21.6. The molecule has 0 bridgehead atoms. The second-order valence-corrected chi connectivity index (χ2v) is 22.0. The molecular formula is C62H62O8S4. The van der Waals surface area contributed by atoms with Crippen molar-refractivity contribution in [2.24, 2.45) is 0 Å². The van der Waals surface area contributed by atoms with Crippen molar-refractivity contribution in [1.29, 1.82) is 0 Å². The van der Waals surface area contributed by atoms with Gasteiger partial charge in [0, 0.05) is 54.4 Å². The predicted octanol–water partition coefficient (Wildman–Crippen LogP) is 12.8. The molecule has 0 heterocycles. The van der Waals surface area contributed by atoms with Crippen molar-refractivity contribution in [1.82, 2.24) is 0 Å². The Hall–Kier alpha value is -5.80. The monoisotopic (exact) mass is 1060 g/mol. The molecule has 4 N–H and O–H groups in total. The first-order valence-corrected chi connectivity index (χ1v) is 28.6. The van der Waals surface area contributed by atoms with E-state index < -0.39 is 24.4 Å².